The van der Waals surface area contributed by atoms with E-state index in [1.165, 1.54) is 36.1 Å². The first kappa shape index (κ1) is 15.8. The SMILES string of the molecule is CCCCCSC[n+]1ccc(C)c(C)c1.[Cl-]. The van der Waals surface area contributed by atoms with Gasteiger partial charge in [-0.05, 0) is 31.6 Å². The van der Waals surface area contributed by atoms with Crippen molar-refractivity contribution in [3.63, 3.8) is 0 Å². The molecule has 0 atom stereocenters. The van der Waals surface area contributed by atoms with Crippen LogP contribution in [0.15, 0.2) is 18.5 Å². The average Bonchev–Trinajstić information content (AvgIpc) is 2.23. The van der Waals surface area contributed by atoms with Gasteiger partial charge in [0.05, 0.1) is 0 Å². The van der Waals surface area contributed by atoms with E-state index in [0.29, 0.717) is 0 Å². The predicted molar refractivity (Wildman–Crippen MR) is 68.1 cm³/mol. The molecule has 0 spiro atoms. The van der Waals surface area contributed by atoms with E-state index in [-0.39, 0.29) is 12.4 Å². The van der Waals surface area contributed by atoms with Gasteiger partial charge in [-0.2, -0.15) is 4.57 Å². The molecule has 0 saturated carbocycles. The summed E-state index contributed by atoms with van der Waals surface area (Å²) in [4.78, 5) is 0. The molecule has 0 aromatic carbocycles. The normalized spacial score (nSPS) is 9.94. The fourth-order valence-electron chi connectivity index (χ4n) is 1.44. The molecule has 1 nitrogen and oxygen atoms in total. The molecule has 0 aliphatic rings. The molecule has 1 aromatic rings. The number of aromatic nitrogens is 1. The minimum absolute atomic E-state index is 0. The van der Waals surface area contributed by atoms with E-state index in [4.69, 9.17) is 0 Å². The van der Waals surface area contributed by atoms with E-state index in [1.807, 2.05) is 11.8 Å². The Bertz CT molecular complexity index is 302. The van der Waals surface area contributed by atoms with Crippen LogP contribution in [0.4, 0.5) is 0 Å². The molecule has 0 bridgehead atoms. The number of hydrogen-bond donors (Lipinski definition) is 0. The van der Waals surface area contributed by atoms with Crippen molar-refractivity contribution in [2.45, 2.75) is 45.9 Å². The number of rotatable bonds is 6. The summed E-state index contributed by atoms with van der Waals surface area (Å²) in [6.45, 7) is 6.59. The molecule has 1 aromatic heterocycles. The largest absolute Gasteiger partial charge is 1.00 e. The highest BCUT2D eigenvalue weighted by Gasteiger charge is 2.02. The van der Waals surface area contributed by atoms with Crippen LogP contribution in [0.5, 0.6) is 0 Å². The fourth-order valence-corrected chi connectivity index (χ4v) is 2.35. The van der Waals surface area contributed by atoms with Crippen LogP contribution in [0.3, 0.4) is 0 Å². The molecule has 0 aliphatic carbocycles. The highest BCUT2D eigenvalue weighted by atomic mass is 35.5. The van der Waals surface area contributed by atoms with Crippen LogP contribution in [0.1, 0.15) is 37.3 Å². The lowest BCUT2D eigenvalue weighted by atomic mass is 10.2. The molecule has 0 fully saturated rings. The van der Waals surface area contributed by atoms with E-state index in [1.54, 1.807) is 0 Å². The van der Waals surface area contributed by atoms with E-state index in [9.17, 15) is 0 Å². The Morgan fingerprint density at radius 3 is 2.56 bits per heavy atom. The summed E-state index contributed by atoms with van der Waals surface area (Å²) in [6, 6.07) is 2.20. The van der Waals surface area contributed by atoms with Crippen molar-refractivity contribution in [3.05, 3.63) is 29.6 Å². The quantitative estimate of drug-likeness (QED) is 0.531. The van der Waals surface area contributed by atoms with Gasteiger partial charge < -0.3 is 12.4 Å². The molecule has 3 heteroatoms. The smallest absolute Gasteiger partial charge is 0.194 e. The van der Waals surface area contributed by atoms with Gasteiger partial charge in [-0.25, -0.2) is 0 Å². The lowest BCUT2D eigenvalue weighted by molar-refractivity contribution is -0.676. The van der Waals surface area contributed by atoms with E-state index in [0.717, 1.165) is 5.88 Å². The number of nitrogens with zero attached hydrogens (tertiary/aromatic N) is 1. The number of unbranched alkanes of at least 4 members (excludes halogenated alkanes) is 2. The summed E-state index contributed by atoms with van der Waals surface area (Å²) >= 11 is 2.02. The van der Waals surface area contributed by atoms with Crippen molar-refractivity contribution in [1.29, 1.82) is 0 Å². The molecule has 1 heterocycles. The van der Waals surface area contributed by atoms with Gasteiger partial charge in [-0.3, -0.25) is 0 Å². The molecular formula is C13H22ClNS. The monoisotopic (exact) mass is 259 g/mol. The van der Waals surface area contributed by atoms with Gasteiger partial charge in [0.15, 0.2) is 18.3 Å². The molecule has 0 N–H and O–H groups in total. The topological polar surface area (TPSA) is 3.88 Å². The zero-order valence-electron chi connectivity index (χ0n) is 10.5. The first-order valence-corrected chi connectivity index (χ1v) is 6.93. The Hall–Kier alpha value is -0.210. The number of aryl methyl sites for hydroxylation is 2. The van der Waals surface area contributed by atoms with Crippen LogP contribution >= 0.6 is 11.8 Å². The zero-order valence-corrected chi connectivity index (χ0v) is 12.1. The molecule has 0 saturated heterocycles. The first-order valence-electron chi connectivity index (χ1n) is 5.78. The minimum Gasteiger partial charge on any atom is -1.00 e. The van der Waals surface area contributed by atoms with Crippen LogP contribution in [0.25, 0.3) is 0 Å². The Morgan fingerprint density at radius 2 is 1.94 bits per heavy atom. The molecule has 92 valence electrons. The van der Waals surface area contributed by atoms with Crippen molar-refractivity contribution >= 4 is 11.8 Å². The molecule has 16 heavy (non-hydrogen) atoms. The second kappa shape index (κ2) is 8.89. The van der Waals surface area contributed by atoms with Gasteiger partial charge in [0.2, 0.25) is 0 Å². The fraction of sp³-hybridized carbons (Fsp3) is 0.615. The Labute approximate surface area is 110 Å². The number of pyridine rings is 1. The van der Waals surface area contributed by atoms with Crippen molar-refractivity contribution in [2.24, 2.45) is 0 Å². The van der Waals surface area contributed by atoms with E-state index in [2.05, 4.69) is 43.8 Å². The Kier molecular flexibility index (Phi) is 8.77. The molecule has 0 aliphatic heterocycles. The van der Waals surface area contributed by atoms with Crippen molar-refractivity contribution in [1.82, 2.24) is 0 Å². The number of thioether (sulfide) groups is 1. The number of halogens is 1. The van der Waals surface area contributed by atoms with Crippen molar-refractivity contribution in [2.75, 3.05) is 5.75 Å². The molecule has 1 rings (SSSR count). The minimum atomic E-state index is 0. The summed E-state index contributed by atoms with van der Waals surface area (Å²) in [5.74, 6) is 2.37. The van der Waals surface area contributed by atoms with E-state index >= 15 is 0 Å². The third kappa shape index (κ3) is 5.76. The molecule has 0 amide bonds. The highest BCUT2D eigenvalue weighted by molar-refractivity contribution is 7.98. The zero-order chi connectivity index (χ0) is 11.1. The summed E-state index contributed by atoms with van der Waals surface area (Å²) in [5.41, 5.74) is 2.76. The predicted octanol–water partition coefficient (Wildman–Crippen LogP) is 0.476. The maximum absolute atomic E-state index is 2.28. The van der Waals surface area contributed by atoms with Crippen LogP contribution < -0.4 is 17.0 Å². The summed E-state index contributed by atoms with van der Waals surface area (Å²) < 4.78 is 2.28. The summed E-state index contributed by atoms with van der Waals surface area (Å²) in [7, 11) is 0. The third-order valence-electron chi connectivity index (χ3n) is 2.63. The number of hydrogen-bond acceptors (Lipinski definition) is 1. The van der Waals surface area contributed by atoms with Gasteiger partial charge in [0, 0.05) is 11.6 Å². The van der Waals surface area contributed by atoms with Crippen molar-refractivity contribution < 1.29 is 17.0 Å². The summed E-state index contributed by atoms with van der Waals surface area (Å²) in [6.07, 6.45) is 8.45. The summed E-state index contributed by atoms with van der Waals surface area (Å²) in [5, 5.41) is 0. The second-order valence-corrected chi connectivity index (χ2v) is 5.14. The Balaban J connectivity index is 0.00000225. The van der Waals surface area contributed by atoms with Gasteiger partial charge in [0.1, 0.15) is 0 Å². The van der Waals surface area contributed by atoms with Crippen LogP contribution in [0, 0.1) is 13.8 Å². The maximum atomic E-state index is 2.28. The highest BCUT2D eigenvalue weighted by Crippen LogP contribution is 2.07. The van der Waals surface area contributed by atoms with Crippen molar-refractivity contribution in [3.8, 4) is 0 Å². The van der Waals surface area contributed by atoms with Gasteiger partial charge in [0.25, 0.3) is 0 Å². The maximum Gasteiger partial charge on any atom is 0.194 e. The molecule has 0 unspecified atom stereocenters. The standard InChI is InChI=1S/C13H22NS.ClH/c1-4-5-6-9-15-11-14-8-7-12(2)13(3)10-14;/h7-8,10H,4-6,9,11H2,1-3H3;1H/q+1;/p-1. The third-order valence-corrected chi connectivity index (χ3v) is 3.69. The molecule has 0 radical (unpaired) electrons. The molecular weight excluding hydrogens is 238 g/mol. The van der Waals surface area contributed by atoms with Crippen LogP contribution in [-0.4, -0.2) is 5.75 Å². The Morgan fingerprint density at radius 1 is 1.19 bits per heavy atom. The van der Waals surface area contributed by atoms with Gasteiger partial charge in [-0.1, -0.05) is 31.5 Å². The van der Waals surface area contributed by atoms with E-state index < -0.39 is 0 Å². The van der Waals surface area contributed by atoms with Crippen LogP contribution in [-0.2, 0) is 5.88 Å². The van der Waals surface area contributed by atoms with Crippen LogP contribution in [0.2, 0.25) is 0 Å². The average molecular weight is 260 g/mol. The lowest BCUT2D eigenvalue weighted by Crippen LogP contribution is -3.00. The first-order chi connectivity index (χ1) is 7.24. The van der Waals surface area contributed by atoms with Gasteiger partial charge >= 0.3 is 0 Å². The second-order valence-electron chi connectivity index (χ2n) is 4.07. The lowest BCUT2D eigenvalue weighted by Gasteiger charge is -2.00. The van der Waals surface area contributed by atoms with Gasteiger partial charge in [-0.15, -0.1) is 0 Å².